The van der Waals surface area contributed by atoms with Crippen LogP contribution in [0.5, 0.6) is 0 Å². The highest BCUT2D eigenvalue weighted by molar-refractivity contribution is 7.89. The summed E-state index contributed by atoms with van der Waals surface area (Å²) >= 11 is 1.56. The molecule has 1 aromatic heterocycles. The molecule has 146 valence electrons. The number of sulfonamides is 1. The van der Waals surface area contributed by atoms with E-state index in [0.717, 1.165) is 28.1 Å². The largest absolute Gasteiger partial charge is 0.333 e. The summed E-state index contributed by atoms with van der Waals surface area (Å²) in [4.78, 5) is 19.3. The summed E-state index contributed by atoms with van der Waals surface area (Å²) in [5, 5.41) is 0.844. The Labute approximate surface area is 168 Å². The van der Waals surface area contributed by atoms with Crippen molar-refractivity contribution in [2.45, 2.75) is 36.7 Å². The quantitative estimate of drug-likeness (QED) is 0.667. The van der Waals surface area contributed by atoms with Crippen LogP contribution in [-0.2, 0) is 10.0 Å². The third-order valence-corrected chi connectivity index (χ3v) is 7.58. The highest BCUT2D eigenvalue weighted by Gasteiger charge is 2.29. The topological polar surface area (TPSA) is 79.4 Å². The van der Waals surface area contributed by atoms with Gasteiger partial charge in [0, 0.05) is 18.7 Å². The highest BCUT2D eigenvalue weighted by Crippen LogP contribution is 2.30. The average molecular weight is 416 g/mol. The zero-order chi connectivity index (χ0) is 19.9. The number of aromatic nitrogens is 1. The van der Waals surface area contributed by atoms with Crippen LogP contribution in [0.1, 0.15) is 41.2 Å². The van der Waals surface area contributed by atoms with Crippen molar-refractivity contribution in [1.29, 1.82) is 0 Å². The van der Waals surface area contributed by atoms with Gasteiger partial charge >= 0.3 is 0 Å². The first-order valence-corrected chi connectivity index (χ1v) is 11.4. The molecule has 1 aliphatic carbocycles. The van der Waals surface area contributed by atoms with Crippen LogP contribution in [0, 0.1) is 0 Å². The number of hydrogen-bond acceptors (Lipinski definition) is 5. The van der Waals surface area contributed by atoms with Gasteiger partial charge in [-0.1, -0.05) is 18.2 Å². The maximum atomic E-state index is 13.0. The fraction of sp³-hybridized carbons (Fsp3) is 0.300. The molecule has 3 aromatic rings. The number of carbonyl (C=O) groups excluding carboxylic acids is 1. The Morgan fingerprint density at radius 2 is 1.96 bits per heavy atom. The summed E-state index contributed by atoms with van der Waals surface area (Å²) in [5.74, 6) is -0.241. The Balaban J connectivity index is 1.57. The molecule has 0 aliphatic heterocycles. The van der Waals surface area contributed by atoms with Gasteiger partial charge in [-0.05, 0) is 50.1 Å². The first kappa shape index (κ1) is 19.0. The normalized spacial score (nSPS) is 15.5. The molecule has 0 radical (unpaired) electrons. The van der Waals surface area contributed by atoms with Crippen LogP contribution in [0.15, 0.2) is 53.4 Å². The SMILES string of the molecule is CC(c1nc2ccccc2s1)N(C)C(=O)c1cccc(S(=O)(=O)NC2CC2)c1. The molecule has 1 unspecified atom stereocenters. The van der Waals surface area contributed by atoms with E-state index >= 15 is 0 Å². The van der Waals surface area contributed by atoms with Crippen molar-refractivity contribution in [2.24, 2.45) is 0 Å². The van der Waals surface area contributed by atoms with Gasteiger partial charge in [-0.2, -0.15) is 0 Å². The van der Waals surface area contributed by atoms with E-state index in [0.29, 0.717) is 5.56 Å². The van der Waals surface area contributed by atoms with Crippen molar-refractivity contribution in [3.8, 4) is 0 Å². The van der Waals surface area contributed by atoms with E-state index in [1.54, 1.807) is 35.4 Å². The Hall–Kier alpha value is -2.29. The van der Waals surface area contributed by atoms with Gasteiger partial charge in [-0.15, -0.1) is 11.3 Å². The second-order valence-corrected chi connectivity index (χ2v) is 9.81. The van der Waals surface area contributed by atoms with Gasteiger partial charge < -0.3 is 4.90 Å². The van der Waals surface area contributed by atoms with Crippen molar-refractivity contribution in [2.75, 3.05) is 7.05 Å². The van der Waals surface area contributed by atoms with E-state index in [1.807, 2.05) is 31.2 Å². The van der Waals surface area contributed by atoms with Gasteiger partial charge in [0.25, 0.3) is 5.91 Å². The Morgan fingerprint density at radius 1 is 1.21 bits per heavy atom. The highest BCUT2D eigenvalue weighted by atomic mass is 32.2. The third kappa shape index (κ3) is 3.80. The fourth-order valence-corrected chi connectivity index (χ4v) is 5.31. The van der Waals surface area contributed by atoms with E-state index in [1.165, 1.54) is 12.1 Å². The van der Waals surface area contributed by atoms with Crippen LogP contribution in [-0.4, -0.2) is 37.3 Å². The smallest absolute Gasteiger partial charge is 0.254 e. The molecule has 1 atom stereocenters. The number of benzene rings is 2. The minimum atomic E-state index is -3.60. The van der Waals surface area contributed by atoms with E-state index in [-0.39, 0.29) is 22.9 Å². The molecule has 1 N–H and O–H groups in total. The van der Waals surface area contributed by atoms with Crippen LogP contribution in [0.4, 0.5) is 0 Å². The zero-order valence-electron chi connectivity index (χ0n) is 15.6. The zero-order valence-corrected chi connectivity index (χ0v) is 17.3. The van der Waals surface area contributed by atoms with E-state index in [4.69, 9.17) is 0 Å². The molecule has 1 fully saturated rings. The van der Waals surface area contributed by atoms with Crippen LogP contribution >= 0.6 is 11.3 Å². The molecule has 0 saturated heterocycles. The molecule has 1 aliphatic rings. The molecule has 28 heavy (non-hydrogen) atoms. The number of amides is 1. The van der Waals surface area contributed by atoms with Gasteiger partial charge in [-0.3, -0.25) is 4.79 Å². The molecule has 0 bridgehead atoms. The standard InChI is InChI=1S/C20H21N3O3S2/c1-13(19-21-17-8-3-4-9-18(17)27-19)23(2)20(24)14-6-5-7-16(12-14)28(25,26)22-15-10-11-15/h3-9,12-13,15,22H,10-11H2,1-2H3. The summed E-state index contributed by atoms with van der Waals surface area (Å²) in [5.41, 5.74) is 1.25. The number of rotatable bonds is 6. The van der Waals surface area contributed by atoms with Crippen LogP contribution in [0.2, 0.25) is 0 Å². The number of hydrogen-bond donors (Lipinski definition) is 1. The molecule has 4 rings (SSSR count). The lowest BCUT2D eigenvalue weighted by Crippen LogP contribution is -2.30. The Morgan fingerprint density at radius 3 is 2.68 bits per heavy atom. The van der Waals surface area contributed by atoms with Gasteiger partial charge in [0.1, 0.15) is 5.01 Å². The average Bonchev–Trinajstić information content (AvgIpc) is 3.39. The Bertz CT molecular complexity index is 1100. The van der Waals surface area contributed by atoms with Gasteiger partial charge in [0.2, 0.25) is 10.0 Å². The lowest BCUT2D eigenvalue weighted by molar-refractivity contribution is 0.0742. The molecule has 1 heterocycles. The Kier molecular flexibility index (Phi) is 4.95. The number of para-hydroxylation sites is 1. The van der Waals surface area contributed by atoms with E-state index < -0.39 is 10.0 Å². The number of fused-ring (bicyclic) bond motifs is 1. The summed E-state index contributed by atoms with van der Waals surface area (Å²) in [6, 6.07) is 13.8. The van der Waals surface area contributed by atoms with Crippen molar-refractivity contribution in [3.05, 3.63) is 59.1 Å². The fourth-order valence-electron chi connectivity index (χ4n) is 2.90. The molecule has 8 heteroatoms. The number of thiazole rings is 1. The molecule has 1 amide bonds. The van der Waals surface area contributed by atoms with Gasteiger partial charge in [0.05, 0.1) is 21.2 Å². The second-order valence-electron chi connectivity index (χ2n) is 7.04. The predicted octanol–water partition coefficient (Wildman–Crippen LogP) is 3.57. The first-order chi connectivity index (χ1) is 13.3. The lowest BCUT2D eigenvalue weighted by Gasteiger charge is -2.23. The van der Waals surface area contributed by atoms with Crippen LogP contribution in [0.3, 0.4) is 0 Å². The number of carbonyl (C=O) groups is 1. The summed E-state index contributed by atoms with van der Waals surface area (Å²) in [7, 11) is -1.89. The molecule has 6 nitrogen and oxygen atoms in total. The summed E-state index contributed by atoms with van der Waals surface area (Å²) in [6.07, 6.45) is 1.72. The molecular formula is C20H21N3O3S2. The van der Waals surface area contributed by atoms with Crippen molar-refractivity contribution < 1.29 is 13.2 Å². The summed E-state index contributed by atoms with van der Waals surface area (Å²) in [6.45, 7) is 1.92. The summed E-state index contributed by atoms with van der Waals surface area (Å²) < 4.78 is 28.6. The van der Waals surface area contributed by atoms with E-state index in [9.17, 15) is 13.2 Å². The number of nitrogens with one attached hydrogen (secondary N) is 1. The first-order valence-electron chi connectivity index (χ1n) is 9.10. The molecule has 2 aromatic carbocycles. The lowest BCUT2D eigenvalue weighted by atomic mass is 10.2. The van der Waals surface area contributed by atoms with Gasteiger partial charge in [-0.25, -0.2) is 18.1 Å². The molecular weight excluding hydrogens is 394 g/mol. The van der Waals surface area contributed by atoms with Crippen LogP contribution in [0.25, 0.3) is 10.2 Å². The molecule has 0 spiro atoms. The van der Waals surface area contributed by atoms with E-state index in [2.05, 4.69) is 9.71 Å². The monoisotopic (exact) mass is 415 g/mol. The molecule has 1 saturated carbocycles. The van der Waals surface area contributed by atoms with Crippen molar-refractivity contribution in [3.63, 3.8) is 0 Å². The van der Waals surface area contributed by atoms with Crippen LogP contribution < -0.4 is 4.72 Å². The van der Waals surface area contributed by atoms with Crippen molar-refractivity contribution >= 4 is 37.5 Å². The van der Waals surface area contributed by atoms with Crippen molar-refractivity contribution in [1.82, 2.24) is 14.6 Å². The number of nitrogens with zero attached hydrogens (tertiary/aromatic N) is 2. The predicted molar refractivity (Wildman–Crippen MR) is 110 cm³/mol. The van der Waals surface area contributed by atoms with Gasteiger partial charge in [0.15, 0.2) is 0 Å². The third-order valence-electron chi connectivity index (χ3n) is 4.86. The second kappa shape index (κ2) is 7.27. The minimum Gasteiger partial charge on any atom is -0.333 e. The minimum absolute atomic E-state index is 0.0195. The maximum absolute atomic E-state index is 13.0. The maximum Gasteiger partial charge on any atom is 0.254 e.